The molecule has 32 heavy (non-hydrogen) atoms. The van der Waals surface area contributed by atoms with E-state index >= 15 is 0 Å². The van der Waals surface area contributed by atoms with Crippen LogP contribution >= 0.6 is 0 Å². The standard InChI is InChI=1S/C26H25NO3S2/c1-21-14-16-25(17-15-21)32(29,30)27(18-19-31(28)24-11-3-2-4-12-24)20-23-10-7-9-22-8-5-6-13-26(22)23/h2-17H,18-20H2,1H3. The predicted octanol–water partition coefficient (Wildman–Crippen LogP) is 5.15. The third-order valence-corrected chi connectivity index (χ3v) is 8.63. The summed E-state index contributed by atoms with van der Waals surface area (Å²) in [7, 11) is -5.05. The molecule has 4 aromatic rings. The highest BCUT2D eigenvalue weighted by Crippen LogP contribution is 2.24. The second kappa shape index (κ2) is 9.77. The van der Waals surface area contributed by atoms with Crippen LogP contribution < -0.4 is 0 Å². The van der Waals surface area contributed by atoms with Gasteiger partial charge in [-0.3, -0.25) is 4.21 Å². The van der Waals surface area contributed by atoms with E-state index in [0.29, 0.717) is 4.90 Å². The van der Waals surface area contributed by atoms with E-state index < -0.39 is 20.8 Å². The lowest BCUT2D eigenvalue weighted by molar-refractivity contribution is 0.426. The number of fused-ring (bicyclic) bond motifs is 1. The first kappa shape index (κ1) is 22.4. The number of rotatable bonds is 8. The summed E-state index contributed by atoms with van der Waals surface area (Å²) in [6.45, 7) is 2.29. The van der Waals surface area contributed by atoms with Crippen molar-refractivity contribution in [1.82, 2.24) is 4.31 Å². The molecule has 6 heteroatoms. The van der Waals surface area contributed by atoms with Crippen molar-refractivity contribution < 1.29 is 12.6 Å². The normalized spacial score (nSPS) is 12.8. The molecule has 0 aliphatic rings. The Hall–Kier alpha value is -2.80. The molecule has 4 aromatic carbocycles. The van der Waals surface area contributed by atoms with E-state index in [9.17, 15) is 12.6 Å². The third kappa shape index (κ3) is 4.99. The molecule has 4 rings (SSSR count). The molecule has 0 saturated heterocycles. The van der Waals surface area contributed by atoms with Crippen LogP contribution in [-0.2, 0) is 27.4 Å². The molecule has 0 heterocycles. The lowest BCUT2D eigenvalue weighted by Gasteiger charge is -2.23. The topological polar surface area (TPSA) is 54.5 Å². The Morgan fingerprint density at radius 2 is 1.44 bits per heavy atom. The summed E-state index contributed by atoms with van der Waals surface area (Å²) in [5.41, 5.74) is 1.92. The van der Waals surface area contributed by atoms with Crippen LogP contribution in [0.1, 0.15) is 11.1 Å². The zero-order chi connectivity index (χ0) is 22.6. The quantitative estimate of drug-likeness (QED) is 0.363. The van der Waals surface area contributed by atoms with Crippen LogP contribution in [0.4, 0.5) is 0 Å². The minimum Gasteiger partial charge on any atom is -0.254 e. The number of hydrogen-bond acceptors (Lipinski definition) is 3. The van der Waals surface area contributed by atoms with E-state index in [4.69, 9.17) is 0 Å². The lowest BCUT2D eigenvalue weighted by atomic mass is 10.0. The monoisotopic (exact) mass is 463 g/mol. The minimum absolute atomic E-state index is 0.154. The van der Waals surface area contributed by atoms with Crippen molar-refractivity contribution in [3.63, 3.8) is 0 Å². The highest BCUT2D eigenvalue weighted by atomic mass is 32.2. The Kier molecular flexibility index (Phi) is 6.84. The lowest BCUT2D eigenvalue weighted by Crippen LogP contribution is -2.34. The SMILES string of the molecule is Cc1ccc(S(=O)(=O)N(CCS(=O)c2ccccc2)Cc2cccc3ccccc23)cc1. The van der Waals surface area contributed by atoms with Crippen LogP contribution in [0, 0.1) is 6.92 Å². The van der Waals surface area contributed by atoms with Crippen molar-refractivity contribution in [2.24, 2.45) is 0 Å². The molecular weight excluding hydrogens is 438 g/mol. The van der Waals surface area contributed by atoms with Crippen molar-refractivity contribution in [3.8, 4) is 0 Å². The van der Waals surface area contributed by atoms with Gasteiger partial charge in [-0.05, 0) is 47.5 Å². The van der Waals surface area contributed by atoms with Crippen LogP contribution in [0.15, 0.2) is 107 Å². The molecule has 0 N–H and O–H groups in total. The van der Waals surface area contributed by atoms with Gasteiger partial charge in [0.25, 0.3) is 0 Å². The number of nitrogens with zero attached hydrogens (tertiary/aromatic N) is 1. The molecule has 1 unspecified atom stereocenters. The van der Waals surface area contributed by atoms with Crippen LogP contribution in [-0.4, -0.2) is 29.2 Å². The van der Waals surface area contributed by atoms with Crippen molar-refractivity contribution in [1.29, 1.82) is 0 Å². The first-order valence-electron chi connectivity index (χ1n) is 10.4. The van der Waals surface area contributed by atoms with Crippen LogP contribution in [0.3, 0.4) is 0 Å². The largest absolute Gasteiger partial charge is 0.254 e. The summed E-state index contributed by atoms with van der Waals surface area (Å²) in [6.07, 6.45) is 0. The second-order valence-electron chi connectivity index (χ2n) is 7.65. The van der Waals surface area contributed by atoms with Gasteiger partial charge in [0.2, 0.25) is 10.0 Å². The highest BCUT2D eigenvalue weighted by Gasteiger charge is 2.26. The molecule has 0 aliphatic carbocycles. The molecule has 0 spiro atoms. The minimum atomic E-state index is -3.76. The fourth-order valence-corrected chi connectivity index (χ4v) is 6.26. The van der Waals surface area contributed by atoms with E-state index in [2.05, 4.69) is 0 Å². The molecular formula is C26H25NO3S2. The maximum atomic E-state index is 13.6. The van der Waals surface area contributed by atoms with Crippen molar-refractivity contribution in [2.45, 2.75) is 23.3 Å². The maximum Gasteiger partial charge on any atom is 0.243 e. The zero-order valence-corrected chi connectivity index (χ0v) is 19.5. The van der Waals surface area contributed by atoms with Gasteiger partial charge in [0, 0.05) is 23.7 Å². The van der Waals surface area contributed by atoms with E-state index in [1.54, 1.807) is 36.4 Å². The zero-order valence-electron chi connectivity index (χ0n) is 17.8. The molecule has 4 nitrogen and oxygen atoms in total. The molecule has 0 aromatic heterocycles. The molecule has 0 saturated carbocycles. The average Bonchev–Trinajstić information content (AvgIpc) is 2.82. The Morgan fingerprint density at radius 1 is 0.781 bits per heavy atom. The van der Waals surface area contributed by atoms with Crippen molar-refractivity contribution in [2.75, 3.05) is 12.3 Å². The third-order valence-electron chi connectivity index (χ3n) is 5.42. The van der Waals surface area contributed by atoms with Gasteiger partial charge in [0.1, 0.15) is 0 Å². The van der Waals surface area contributed by atoms with Crippen LogP contribution in [0.5, 0.6) is 0 Å². The number of hydrogen-bond donors (Lipinski definition) is 0. The van der Waals surface area contributed by atoms with Gasteiger partial charge in [-0.15, -0.1) is 0 Å². The summed E-state index contributed by atoms with van der Waals surface area (Å²) in [6, 6.07) is 29.9. The van der Waals surface area contributed by atoms with Gasteiger partial charge in [0.15, 0.2) is 0 Å². The maximum absolute atomic E-state index is 13.6. The molecule has 0 bridgehead atoms. The molecule has 0 fully saturated rings. The van der Waals surface area contributed by atoms with E-state index in [-0.39, 0.29) is 23.7 Å². The molecule has 1 atom stereocenters. The Bertz CT molecular complexity index is 1330. The Morgan fingerprint density at radius 3 is 2.19 bits per heavy atom. The van der Waals surface area contributed by atoms with Gasteiger partial charge in [0.05, 0.1) is 15.7 Å². The van der Waals surface area contributed by atoms with Gasteiger partial charge >= 0.3 is 0 Å². The van der Waals surface area contributed by atoms with Gasteiger partial charge in [-0.1, -0.05) is 78.4 Å². The van der Waals surface area contributed by atoms with E-state index in [1.807, 2.05) is 67.6 Å². The summed E-state index contributed by atoms with van der Waals surface area (Å²) in [4.78, 5) is 0.944. The predicted molar refractivity (Wildman–Crippen MR) is 130 cm³/mol. The molecule has 0 radical (unpaired) electrons. The second-order valence-corrected chi connectivity index (χ2v) is 11.2. The number of benzene rings is 4. The number of sulfonamides is 1. The Balaban J connectivity index is 1.67. The van der Waals surface area contributed by atoms with Gasteiger partial charge < -0.3 is 0 Å². The highest BCUT2D eigenvalue weighted by molar-refractivity contribution is 7.89. The molecule has 0 amide bonds. The van der Waals surface area contributed by atoms with Crippen molar-refractivity contribution in [3.05, 3.63) is 108 Å². The Labute approximate surface area is 192 Å². The van der Waals surface area contributed by atoms with Crippen LogP contribution in [0.25, 0.3) is 10.8 Å². The molecule has 0 aliphatic heterocycles. The van der Waals surface area contributed by atoms with E-state index in [0.717, 1.165) is 21.9 Å². The van der Waals surface area contributed by atoms with Gasteiger partial charge in [-0.2, -0.15) is 4.31 Å². The first-order chi connectivity index (χ1) is 15.4. The fraction of sp³-hybridized carbons (Fsp3) is 0.154. The van der Waals surface area contributed by atoms with Gasteiger partial charge in [-0.25, -0.2) is 8.42 Å². The van der Waals surface area contributed by atoms with Crippen molar-refractivity contribution >= 4 is 31.6 Å². The van der Waals surface area contributed by atoms with E-state index in [1.165, 1.54) is 4.31 Å². The fourth-order valence-electron chi connectivity index (χ4n) is 3.64. The first-order valence-corrected chi connectivity index (χ1v) is 13.2. The average molecular weight is 464 g/mol. The summed E-state index contributed by atoms with van der Waals surface area (Å²) < 4.78 is 41.4. The summed E-state index contributed by atoms with van der Waals surface area (Å²) in [5, 5.41) is 2.08. The number of aryl methyl sites for hydroxylation is 1. The smallest absolute Gasteiger partial charge is 0.243 e. The summed E-state index contributed by atoms with van der Waals surface area (Å²) >= 11 is 0. The summed E-state index contributed by atoms with van der Waals surface area (Å²) in [5.74, 6) is 0.222. The molecule has 164 valence electrons. The van der Waals surface area contributed by atoms with Crippen LogP contribution in [0.2, 0.25) is 0 Å².